The van der Waals surface area contributed by atoms with Crippen molar-refractivity contribution in [1.29, 1.82) is 0 Å². The summed E-state index contributed by atoms with van der Waals surface area (Å²) >= 11 is 5.93. The predicted octanol–water partition coefficient (Wildman–Crippen LogP) is 3.10. The van der Waals surface area contributed by atoms with Gasteiger partial charge in [-0.3, -0.25) is 9.59 Å². The highest BCUT2D eigenvalue weighted by Gasteiger charge is 2.47. The van der Waals surface area contributed by atoms with E-state index in [0.717, 1.165) is 24.6 Å². The van der Waals surface area contributed by atoms with E-state index in [0.29, 0.717) is 25.9 Å². The van der Waals surface area contributed by atoms with Crippen LogP contribution in [0.2, 0.25) is 5.02 Å². The van der Waals surface area contributed by atoms with Crippen LogP contribution in [0.15, 0.2) is 18.2 Å². The largest absolute Gasteiger partial charge is 0.416 e. The molecule has 1 atom stereocenters. The molecule has 1 N–H and O–H groups in total. The summed E-state index contributed by atoms with van der Waals surface area (Å²) in [5.41, 5.74) is -1.72. The summed E-state index contributed by atoms with van der Waals surface area (Å²) in [5, 5.41) is 2.78. The molecule has 2 aliphatic heterocycles. The number of carbonyl (C=O) groups excluding carboxylic acids is 2. The van der Waals surface area contributed by atoms with Gasteiger partial charge >= 0.3 is 6.18 Å². The molecule has 3 rings (SSSR count). The van der Waals surface area contributed by atoms with Gasteiger partial charge in [0.15, 0.2) is 0 Å². The molecule has 1 unspecified atom stereocenters. The van der Waals surface area contributed by atoms with Gasteiger partial charge in [-0.15, -0.1) is 0 Å². The lowest BCUT2D eigenvalue weighted by atomic mass is 9.79. The zero-order valence-electron chi connectivity index (χ0n) is 12.8. The molecular formula is C16H16ClF3N2O2. The molecule has 1 aromatic carbocycles. The highest BCUT2D eigenvalue weighted by Crippen LogP contribution is 2.39. The van der Waals surface area contributed by atoms with Crippen molar-refractivity contribution in [2.45, 2.75) is 25.4 Å². The fraction of sp³-hybridized carbons (Fsp3) is 0.500. The summed E-state index contributed by atoms with van der Waals surface area (Å²) < 4.78 is 38.6. The number of hydrogen-bond donors (Lipinski definition) is 1. The van der Waals surface area contributed by atoms with Crippen LogP contribution < -0.4 is 5.32 Å². The number of halogens is 4. The Bertz CT molecular complexity index is 692. The Labute approximate surface area is 142 Å². The molecule has 1 aromatic rings. The third-order valence-electron chi connectivity index (χ3n) is 4.76. The van der Waals surface area contributed by atoms with Gasteiger partial charge in [0.25, 0.3) is 5.91 Å². The van der Waals surface area contributed by atoms with Crippen molar-refractivity contribution in [3.05, 3.63) is 34.3 Å². The summed E-state index contributed by atoms with van der Waals surface area (Å²) in [6, 6.07) is 2.70. The maximum absolute atomic E-state index is 12.9. The number of nitrogens with one attached hydrogen (secondary N) is 1. The van der Waals surface area contributed by atoms with Gasteiger partial charge in [0, 0.05) is 19.6 Å². The normalized spacial score (nSPS) is 24.3. The average molecular weight is 361 g/mol. The molecule has 2 aliphatic rings. The van der Waals surface area contributed by atoms with Crippen molar-refractivity contribution in [3.63, 3.8) is 0 Å². The van der Waals surface area contributed by atoms with Crippen LogP contribution >= 0.6 is 11.6 Å². The highest BCUT2D eigenvalue weighted by atomic mass is 35.5. The molecule has 2 heterocycles. The number of likely N-dealkylation sites (tertiary alicyclic amines) is 1. The van der Waals surface area contributed by atoms with Crippen LogP contribution in [0.3, 0.4) is 0 Å². The van der Waals surface area contributed by atoms with E-state index in [9.17, 15) is 22.8 Å². The van der Waals surface area contributed by atoms with Crippen molar-refractivity contribution >= 4 is 23.4 Å². The second-order valence-corrected chi connectivity index (χ2v) is 6.72. The predicted molar refractivity (Wildman–Crippen MR) is 81.7 cm³/mol. The topological polar surface area (TPSA) is 49.4 Å². The zero-order chi connectivity index (χ0) is 17.5. The van der Waals surface area contributed by atoms with Gasteiger partial charge in [-0.25, -0.2) is 0 Å². The number of nitrogens with zero attached hydrogens (tertiary/aromatic N) is 1. The van der Waals surface area contributed by atoms with Crippen LogP contribution in [0, 0.1) is 5.41 Å². The summed E-state index contributed by atoms with van der Waals surface area (Å²) in [5.74, 6) is -0.652. The molecule has 0 aromatic heterocycles. The number of alkyl halides is 3. The first kappa shape index (κ1) is 17.1. The summed E-state index contributed by atoms with van der Waals surface area (Å²) in [6.07, 6.45) is -2.52. The minimum atomic E-state index is -4.55. The standard InChI is InChI=1S/C16H16ClF3N2O2/c17-12-3-2-10(16(18,19)20)8-11(12)13(23)22-7-5-15(9-22)4-1-6-21-14(15)24/h2-3,8H,1,4-7,9H2,(H,21,24). The van der Waals surface area contributed by atoms with Crippen LogP contribution in [0.4, 0.5) is 13.2 Å². The van der Waals surface area contributed by atoms with Crippen LogP contribution in [0.1, 0.15) is 35.2 Å². The molecule has 1 spiro atoms. The molecular weight excluding hydrogens is 345 g/mol. The van der Waals surface area contributed by atoms with Crippen molar-refractivity contribution in [2.24, 2.45) is 5.41 Å². The van der Waals surface area contributed by atoms with Gasteiger partial charge < -0.3 is 10.2 Å². The van der Waals surface area contributed by atoms with E-state index in [4.69, 9.17) is 11.6 Å². The Morgan fingerprint density at radius 2 is 2.04 bits per heavy atom. The van der Waals surface area contributed by atoms with Crippen molar-refractivity contribution < 1.29 is 22.8 Å². The summed E-state index contributed by atoms with van der Waals surface area (Å²) in [6.45, 7) is 1.16. The Morgan fingerprint density at radius 1 is 1.29 bits per heavy atom. The Balaban J connectivity index is 1.84. The SMILES string of the molecule is O=C(c1cc(C(F)(F)F)ccc1Cl)N1CCC2(CCCNC2=O)C1. The van der Waals surface area contributed by atoms with E-state index in [2.05, 4.69) is 5.32 Å². The molecule has 4 nitrogen and oxygen atoms in total. The average Bonchev–Trinajstić information content (AvgIpc) is 2.94. The van der Waals surface area contributed by atoms with Crippen LogP contribution in [-0.2, 0) is 11.0 Å². The smallest absolute Gasteiger partial charge is 0.356 e. The highest BCUT2D eigenvalue weighted by molar-refractivity contribution is 6.33. The van der Waals surface area contributed by atoms with Gasteiger partial charge in [0.05, 0.1) is 21.6 Å². The molecule has 0 bridgehead atoms. The molecule has 0 radical (unpaired) electrons. The van der Waals surface area contributed by atoms with E-state index in [1.165, 1.54) is 4.90 Å². The van der Waals surface area contributed by atoms with Gasteiger partial charge in [0.2, 0.25) is 5.91 Å². The van der Waals surface area contributed by atoms with E-state index >= 15 is 0 Å². The quantitative estimate of drug-likeness (QED) is 0.836. The van der Waals surface area contributed by atoms with Crippen molar-refractivity contribution in [3.8, 4) is 0 Å². The first-order valence-corrected chi connectivity index (χ1v) is 8.05. The minimum Gasteiger partial charge on any atom is -0.356 e. The van der Waals surface area contributed by atoms with Gasteiger partial charge in [0.1, 0.15) is 0 Å². The summed E-state index contributed by atoms with van der Waals surface area (Å²) in [7, 11) is 0. The summed E-state index contributed by atoms with van der Waals surface area (Å²) in [4.78, 5) is 26.2. The number of carbonyl (C=O) groups is 2. The first-order valence-electron chi connectivity index (χ1n) is 7.67. The number of rotatable bonds is 1. The van der Waals surface area contributed by atoms with E-state index in [1.807, 2.05) is 0 Å². The second-order valence-electron chi connectivity index (χ2n) is 6.31. The molecule has 24 heavy (non-hydrogen) atoms. The molecule has 8 heteroatoms. The molecule has 0 aliphatic carbocycles. The molecule has 2 saturated heterocycles. The molecule has 2 fully saturated rings. The Hall–Kier alpha value is -1.76. The van der Waals surface area contributed by atoms with Crippen molar-refractivity contribution in [1.82, 2.24) is 10.2 Å². The number of piperidine rings is 1. The minimum absolute atomic E-state index is 0.0259. The van der Waals surface area contributed by atoms with Crippen molar-refractivity contribution in [2.75, 3.05) is 19.6 Å². The zero-order valence-corrected chi connectivity index (χ0v) is 13.5. The van der Waals surface area contributed by atoms with Gasteiger partial charge in [-0.1, -0.05) is 11.6 Å². The maximum Gasteiger partial charge on any atom is 0.416 e. The van der Waals surface area contributed by atoms with E-state index in [1.54, 1.807) is 0 Å². The van der Waals surface area contributed by atoms with Crippen LogP contribution in [0.25, 0.3) is 0 Å². The molecule has 0 saturated carbocycles. The van der Waals surface area contributed by atoms with Crippen LogP contribution in [-0.4, -0.2) is 36.3 Å². The lowest BCUT2D eigenvalue weighted by molar-refractivity contribution is -0.137. The first-order chi connectivity index (χ1) is 11.2. The third kappa shape index (κ3) is 2.97. The number of amides is 2. The lowest BCUT2D eigenvalue weighted by Gasteiger charge is -2.32. The van der Waals surface area contributed by atoms with E-state index in [-0.39, 0.29) is 23.0 Å². The maximum atomic E-state index is 12.9. The molecule has 2 amide bonds. The monoisotopic (exact) mass is 360 g/mol. The van der Waals surface area contributed by atoms with E-state index < -0.39 is 23.1 Å². The second kappa shape index (κ2) is 5.95. The fourth-order valence-corrected chi connectivity index (χ4v) is 3.60. The lowest BCUT2D eigenvalue weighted by Crippen LogP contribution is -2.47. The van der Waals surface area contributed by atoms with Gasteiger partial charge in [-0.2, -0.15) is 13.2 Å². The Morgan fingerprint density at radius 3 is 2.71 bits per heavy atom. The number of hydrogen-bond acceptors (Lipinski definition) is 2. The third-order valence-corrected chi connectivity index (χ3v) is 5.09. The molecule has 130 valence electrons. The van der Waals surface area contributed by atoms with Gasteiger partial charge in [-0.05, 0) is 37.5 Å². The number of benzene rings is 1. The Kier molecular flexibility index (Phi) is 4.23. The fourth-order valence-electron chi connectivity index (χ4n) is 3.40. The van der Waals surface area contributed by atoms with Crippen LogP contribution in [0.5, 0.6) is 0 Å².